The molecule has 3 aliphatic rings. The standard InChI is InChI=1S/C32H39F2N7O7/c1-19-9-20-13-31(2,36-15-27(42)40-16-21-10-23(33)24(34)11-22(21)17-40)18-32(12-19,14-20)37-30(43)47-8-7-46-6-5-35-25-3-4-26(41(44)45)29-28(25)38-48-39-29/h3-4,10-11,19-20,35-36H,5-9,12-18H2,1-2H3,(H,37,43). The molecule has 2 bridgehead atoms. The molecule has 0 radical (unpaired) electrons. The third-order valence-corrected chi connectivity index (χ3v) is 9.59. The highest BCUT2D eigenvalue weighted by molar-refractivity contribution is 5.93. The third kappa shape index (κ3) is 7.33. The third-order valence-electron chi connectivity index (χ3n) is 9.59. The molecule has 0 saturated heterocycles. The summed E-state index contributed by atoms with van der Waals surface area (Å²) in [5.74, 6) is -1.20. The first-order valence-corrected chi connectivity index (χ1v) is 16.1. The summed E-state index contributed by atoms with van der Waals surface area (Å²) in [6.45, 7) is 5.69. The number of nitrogens with one attached hydrogen (secondary N) is 3. The molecule has 0 spiro atoms. The Morgan fingerprint density at radius 1 is 1.08 bits per heavy atom. The molecule has 1 aliphatic heterocycles. The zero-order valence-electron chi connectivity index (χ0n) is 26.9. The molecule has 2 aromatic carbocycles. The SMILES string of the molecule is CC1CC2CC(C)(NCC(=O)N3Cc4cc(F)c(F)cc4C3)CC(NC(=O)OCCOCCNc3ccc([N+](=O)[O-])c4nonc34)(C1)C2. The predicted molar refractivity (Wildman–Crippen MR) is 168 cm³/mol. The first-order valence-electron chi connectivity index (χ1n) is 16.1. The number of hydrogen-bond donors (Lipinski definition) is 3. The number of nitrogens with zero attached hydrogens (tertiary/aromatic N) is 4. The number of aromatic nitrogens is 2. The second-order valence-corrected chi connectivity index (χ2v) is 13.6. The van der Waals surface area contributed by atoms with Crippen molar-refractivity contribution in [2.24, 2.45) is 11.8 Å². The Morgan fingerprint density at radius 2 is 1.81 bits per heavy atom. The number of nitro benzene ring substituents is 1. The lowest BCUT2D eigenvalue weighted by molar-refractivity contribution is -0.383. The Hall–Kier alpha value is -4.44. The summed E-state index contributed by atoms with van der Waals surface area (Å²) in [6, 6.07) is 5.17. The summed E-state index contributed by atoms with van der Waals surface area (Å²) >= 11 is 0. The van der Waals surface area contributed by atoms with Gasteiger partial charge in [0.25, 0.3) is 0 Å². The summed E-state index contributed by atoms with van der Waals surface area (Å²) in [5.41, 5.74) is 0.952. The molecule has 3 N–H and O–H groups in total. The van der Waals surface area contributed by atoms with E-state index in [1.165, 1.54) is 12.1 Å². The average molecular weight is 672 g/mol. The van der Waals surface area contributed by atoms with Crippen molar-refractivity contribution in [3.8, 4) is 0 Å². The first kappa shape index (κ1) is 33.5. The van der Waals surface area contributed by atoms with Crippen molar-refractivity contribution in [2.45, 2.75) is 70.1 Å². The van der Waals surface area contributed by atoms with Crippen LogP contribution in [0.25, 0.3) is 11.0 Å². The van der Waals surface area contributed by atoms with Crippen LogP contribution >= 0.6 is 0 Å². The molecule has 16 heteroatoms. The minimum Gasteiger partial charge on any atom is -0.447 e. The zero-order valence-corrected chi connectivity index (χ0v) is 26.9. The van der Waals surface area contributed by atoms with E-state index in [1.807, 2.05) is 0 Å². The number of hydrogen-bond acceptors (Lipinski definition) is 11. The Labute approximate surface area is 275 Å². The number of fused-ring (bicyclic) bond motifs is 4. The van der Waals surface area contributed by atoms with E-state index in [2.05, 4.69) is 44.7 Å². The monoisotopic (exact) mass is 671 g/mol. The molecule has 2 heterocycles. The van der Waals surface area contributed by atoms with Gasteiger partial charge in [0.05, 0.1) is 30.4 Å². The molecule has 4 unspecified atom stereocenters. The van der Waals surface area contributed by atoms with Crippen LogP contribution in [-0.4, -0.2) is 76.1 Å². The summed E-state index contributed by atoms with van der Waals surface area (Å²) in [7, 11) is 0. The molecule has 48 heavy (non-hydrogen) atoms. The first-order chi connectivity index (χ1) is 22.9. The van der Waals surface area contributed by atoms with Gasteiger partial charge in [0.2, 0.25) is 11.4 Å². The normalized spacial score (nSPS) is 24.7. The molecule has 14 nitrogen and oxygen atoms in total. The van der Waals surface area contributed by atoms with Crippen molar-refractivity contribution in [2.75, 3.05) is 38.2 Å². The van der Waals surface area contributed by atoms with E-state index < -0.39 is 33.7 Å². The maximum Gasteiger partial charge on any atom is 0.407 e. The van der Waals surface area contributed by atoms with Crippen molar-refractivity contribution in [3.05, 3.63) is 57.1 Å². The van der Waals surface area contributed by atoms with E-state index in [-0.39, 0.29) is 62.1 Å². The summed E-state index contributed by atoms with van der Waals surface area (Å²) in [5, 5.41) is 28.2. The molecular weight excluding hydrogens is 632 g/mol. The lowest BCUT2D eigenvalue weighted by Crippen LogP contribution is -2.64. The second-order valence-electron chi connectivity index (χ2n) is 13.6. The fourth-order valence-electron chi connectivity index (χ4n) is 7.99. The Balaban J connectivity index is 0.946. The predicted octanol–water partition coefficient (Wildman–Crippen LogP) is 4.42. The van der Waals surface area contributed by atoms with Gasteiger partial charge in [-0.05, 0) is 90.5 Å². The van der Waals surface area contributed by atoms with Crippen LogP contribution in [0.15, 0.2) is 28.9 Å². The molecule has 2 amide bonds. The fraction of sp³-hybridized carbons (Fsp3) is 0.562. The van der Waals surface area contributed by atoms with Crippen LogP contribution in [0, 0.1) is 33.6 Å². The summed E-state index contributed by atoms with van der Waals surface area (Å²) in [4.78, 5) is 38.3. The van der Waals surface area contributed by atoms with Crippen LogP contribution in [0.1, 0.15) is 57.1 Å². The fourth-order valence-corrected chi connectivity index (χ4v) is 7.99. The molecule has 2 fully saturated rings. The Bertz CT molecular complexity index is 1670. The zero-order chi connectivity index (χ0) is 34.1. The van der Waals surface area contributed by atoms with Gasteiger partial charge in [-0.1, -0.05) is 6.92 Å². The maximum absolute atomic E-state index is 13.7. The van der Waals surface area contributed by atoms with Crippen molar-refractivity contribution in [1.82, 2.24) is 25.8 Å². The van der Waals surface area contributed by atoms with Gasteiger partial charge in [-0.2, -0.15) is 0 Å². The van der Waals surface area contributed by atoms with Crippen LogP contribution in [-0.2, 0) is 27.4 Å². The highest BCUT2D eigenvalue weighted by Gasteiger charge is 2.51. The number of halogens is 2. The number of amides is 2. The van der Waals surface area contributed by atoms with Gasteiger partial charge < -0.3 is 30.3 Å². The number of benzene rings is 2. The van der Waals surface area contributed by atoms with Crippen molar-refractivity contribution in [1.29, 1.82) is 0 Å². The molecule has 2 aliphatic carbocycles. The summed E-state index contributed by atoms with van der Waals surface area (Å²) < 4.78 is 43.1. The van der Waals surface area contributed by atoms with E-state index in [4.69, 9.17) is 9.47 Å². The Morgan fingerprint density at radius 3 is 2.54 bits per heavy atom. The van der Waals surface area contributed by atoms with E-state index in [9.17, 15) is 28.5 Å². The number of carbonyl (C=O) groups is 2. The molecule has 258 valence electrons. The van der Waals surface area contributed by atoms with Crippen LogP contribution in [0.3, 0.4) is 0 Å². The smallest absolute Gasteiger partial charge is 0.407 e. The van der Waals surface area contributed by atoms with Crippen LogP contribution in [0.2, 0.25) is 0 Å². The largest absolute Gasteiger partial charge is 0.447 e. The van der Waals surface area contributed by atoms with E-state index in [1.54, 1.807) is 4.90 Å². The van der Waals surface area contributed by atoms with Crippen LogP contribution < -0.4 is 16.0 Å². The minimum atomic E-state index is -0.914. The second kappa shape index (κ2) is 13.6. The molecule has 3 aromatic rings. The minimum absolute atomic E-state index is 0.0475. The van der Waals surface area contributed by atoms with Crippen LogP contribution in [0.4, 0.5) is 25.0 Å². The number of rotatable bonds is 12. The topological polar surface area (TPSA) is 174 Å². The summed E-state index contributed by atoms with van der Waals surface area (Å²) in [6.07, 6.45) is 3.62. The lowest BCUT2D eigenvalue weighted by atomic mass is 9.58. The van der Waals surface area contributed by atoms with Gasteiger partial charge >= 0.3 is 11.8 Å². The molecule has 4 atom stereocenters. The molecule has 6 rings (SSSR count). The van der Waals surface area contributed by atoms with Crippen molar-refractivity contribution in [3.63, 3.8) is 0 Å². The van der Waals surface area contributed by atoms with E-state index in [0.717, 1.165) is 37.8 Å². The van der Waals surface area contributed by atoms with Gasteiger partial charge in [0, 0.05) is 36.8 Å². The van der Waals surface area contributed by atoms with Gasteiger partial charge in [0.15, 0.2) is 17.2 Å². The Kier molecular flexibility index (Phi) is 9.47. The highest BCUT2D eigenvalue weighted by atomic mass is 19.2. The molecular formula is C32H39F2N7O7. The number of ether oxygens (including phenoxy) is 2. The lowest BCUT2D eigenvalue weighted by Gasteiger charge is -2.54. The van der Waals surface area contributed by atoms with Gasteiger partial charge in [-0.3, -0.25) is 14.9 Å². The van der Waals surface area contributed by atoms with Crippen molar-refractivity contribution >= 4 is 34.4 Å². The number of nitro groups is 1. The van der Waals surface area contributed by atoms with Gasteiger partial charge in [-0.15, -0.1) is 0 Å². The number of non-ortho nitro benzene ring substituents is 1. The number of carbonyl (C=O) groups excluding carboxylic acids is 2. The molecule has 2 saturated carbocycles. The quantitative estimate of drug-likeness (QED) is 0.141. The van der Waals surface area contributed by atoms with Gasteiger partial charge in [-0.25, -0.2) is 18.2 Å². The number of alkyl carbamates (subject to hydrolysis) is 1. The van der Waals surface area contributed by atoms with Crippen molar-refractivity contribution < 1.29 is 37.4 Å². The number of anilines is 1. The van der Waals surface area contributed by atoms with Gasteiger partial charge in [0.1, 0.15) is 6.61 Å². The maximum atomic E-state index is 13.7. The highest BCUT2D eigenvalue weighted by Crippen LogP contribution is 2.49. The molecule has 1 aromatic heterocycles. The van der Waals surface area contributed by atoms with Crippen LogP contribution in [0.5, 0.6) is 0 Å². The van der Waals surface area contributed by atoms with E-state index in [0.29, 0.717) is 41.6 Å². The van der Waals surface area contributed by atoms with E-state index >= 15 is 0 Å². The average Bonchev–Trinajstić information content (AvgIpc) is 3.66.